The molecule has 6 rings (SSSR count). The van der Waals surface area contributed by atoms with Crippen LogP contribution >= 0.6 is 0 Å². The lowest BCUT2D eigenvalue weighted by Crippen LogP contribution is -2.00. The molecule has 0 fully saturated rings. The minimum absolute atomic E-state index is 0.0140. The molecule has 0 aliphatic heterocycles. The van der Waals surface area contributed by atoms with Crippen LogP contribution < -0.4 is 11.5 Å². The van der Waals surface area contributed by atoms with Crippen LogP contribution in [0.2, 0.25) is 0 Å². The van der Waals surface area contributed by atoms with E-state index in [2.05, 4.69) is 20.5 Å². The molecule has 0 radical (unpaired) electrons. The monoisotopic (exact) mass is 712 g/mol. The van der Waals surface area contributed by atoms with Crippen LogP contribution in [-0.2, 0) is 20.2 Å². The lowest BCUT2D eigenvalue weighted by molar-refractivity contribution is 0.472. The zero-order valence-corrected chi connectivity index (χ0v) is 27.9. The van der Waals surface area contributed by atoms with Gasteiger partial charge >= 0.3 is 0 Å². The number of nitrogens with two attached hydrogens (primary N) is 2. The predicted octanol–water partition coefficient (Wildman–Crippen LogP) is 8.18. The van der Waals surface area contributed by atoms with Crippen LogP contribution in [0.25, 0.3) is 32.7 Å². The quantitative estimate of drug-likeness (QED) is 0.0526. The van der Waals surface area contributed by atoms with Gasteiger partial charge in [-0.3, -0.25) is 9.11 Å². The van der Waals surface area contributed by atoms with Crippen molar-refractivity contribution >= 4 is 75.9 Å². The molecule has 6 aromatic carbocycles. The minimum Gasteiger partial charge on any atom is -0.505 e. The van der Waals surface area contributed by atoms with E-state index in [9.17, 15) is 36.2 Å². The van der Waals surface area contributed by atoms with Crippen LogP contribution in [-0.4, -0.2) is 36.2 Å². The van der Waals surface area contributed by atoms with Crippen molar-refractivity contribution in [2.45, 2.75) is 23.6 Å². The standard InChI is InChI=1S/C34H28N6O8S2/c1-17-13-19(4-9-26(17)37-39-28-11-7-23-29(49(43,44)45)12-8-25(36)31(23)34(28)42)20-5-10-27(18(2)14-20)38-40-32-30(50(46,47)48)15-21-3-6-22(35)16-24(21)33(32)41/h3-16,41-42H,35-36H2,1-2H3,(H,43,44,45)(H,46,47,48). The van der Waals surface area contributed by atoms with E-state index in [-0.39, 0.29) is 27.5 Å². The zero-order chi connectivity index (χ0) is 36.1. The molecular formula is C34H28N6O8S2. The molecule has 8 N–H and O–H groups in total. The summed E-state index contributed by atoms with van der Waals surface area (Å²) < 4.78 is 67.3. The highest BCUT2D eigenvalue weighted by molar-refractivity contribution is 7.86. The normalized spacial score (nSPS) is 12.5. The SMILES string of the molecule is Cc1cc(-c2ccc(N=Nc3c(S(=O)(=O)O)cc4ccc(N)cc4c3O)c(C)c2)ccc1N=Nc1ccc2c(S(=O)(=O)O)ccc(N)c2c1O. The molecule has 0 aromatic heterocycles. The molecular weight excluding hydrogens is 685 g/mol. The summed E-state index contributed by atoms with van der Waals surface area (Å²) in [7, 11) is -9.34. The Morgan fingerprint density at radius 1 is 0.560 bits per heavy atom. The fourth-order valence-electron chi connectivity index (χ4n) is 5.48. The predicted molar refractivity (Wildman–Crippen MR) is 189 cm³/mol. The number of anilines is 2. The molecule has 0 spiro atoms. The van der Waals surface area contributed by atoms with Crippen molar-refractivity contribution in [3.8, 4) is 22.6 Å². The van der Waals surface area contributed by atoms with Crippen LogP contribution in [0.1, 0.15) is 11.1 Å². The van der Waals surface area contributed by atoms with E-state index in [1.807, 2.05) is 25.1 Å². The number of azo groups is 2. The van der Waals surface area contributed by atoms with Crippen molar-refractivity contribution in [3.63, 3.8) is 0 Å². The zero-order valence-electron chi connectivity index (χ0n) is 26.3. The van der Waals surface area contributed by atoms with Gasteiger partial charge in [0.2, 0.25) is 0 Å². The number of nitrogen functional groups attached to an aromatic ring is 2. The summed E-state index contributed by atoms with van der Waals surface area (Å²) in [4.78, 5) is -1.01. The third-order valence-corrected chi connectivity index (χ3v) is 9.79. The first-order chi connectivity index (χ1) is 23.5. The van der Waals surface area contributed by atoms with Gasteiger partial charge in [-0.25, -0.2) is 0 Å². The van der Waals surface area contributed by atoms with Gasteiger partial charge in [0.25, 0.3) is 20.2 Å². The number of nitrogens with zero attached hydrogens (tertiary/aromatic N) is 4. The molecule has 50 heavy (non-hydrogen) atoms. The summed E-state index contributed by atoms with van der Waals surface area (Å²) in [5.41, 5.74) is 15.8. The first kappa shape index (κ1) is 33.9. The van der Waals surface area contributed by atoms with E-state index in [0.29, 0.717) is 28.0 Å². The van der Waals surface area contributed by atoms with E-state index < -0.39 is 47.2 Å². The molecule has 0 bridgehead atoms. The summed E-state index contributed by atoms with van der Waals surface area (Å²) in [6, 6.07) is 21.5. The third kappa shape index (κ3) is 6.42. The molecule has 0 saturated carbocycles. The smallest absolute Gasteiger partial charge is 0.296 e. The molecule has 0 amide bonds. The van der Waals surface area contributed by atoms with Gasteiger partial charge in [0, 0.05) is 22.1 Å². The number of benzene rings is 6. The first-order valence-electron chi connectivity index (χ1n) is 14.6. The number of phenolic OH excluding ortho intramolecular Hbond substituents is 2. The van der Waals surface area contributed by atoms with E-state index in [4.69, 9.17) is 11.5 Å². The topological polar surface area (TPSA) is 251 Å². The number of phenols is 2. The Morgan fingerprint density at radius 3 is 1.70 bits per heavy atom. The maximum atomic E-state index is 12.1. The first-order valence-corrected chi connectivity index (χ1v) is 17.5. The number of hydrogen-bond acceptors (Lipinski definition) is 12. The van der Waals surface area contributed by atoms with Gasteiger partial charge in [-0.1, -0.05) is 24.3 Å². The fourth-order valence-corrected chi connectivity index (χ4v) is 6.83. The largest absolute Gasteiger partial charge is 0.505 e. The number of hydrogen-bond donors (Lipinski definition) is 6. The molecule has 254 valence electrons. The molecule has 0 aliphatic rings. The summed E-state index contributed by atoms with van der Waals surface area (Å²) in [6.07, 6.45) is 0. The molecule has 0 unspecified atom stereocenters. The number of rotatable bonds is 7. The molecule has 6 aromatic rings. The molecule has 16 heteroatoms. The molecule has 0 atom stereocenters. The lowest BCUT2D eigenvalue weighted by atomic mass is 10.0. The van der Waals surface area contributed by atoms with Gasteiger partial charge < -0.3 is 21.7 Å². The Kier molecular flexibility index (Phi) is 8.49. The minimum atomic E-state index is -4.77. The summed E-state index contributed by atoms with van der Waals surface area (Å²) in [6.45, 7) is 3.60. The van der Waals surface area contributed by atoms with Crippen molar-refractivity contribution in [1.82, 2.24) is 0 Å². The second kappa shape index (κ2) is 12.5. The van der Waals surface area contributed by atoms with Crippen LogP contribution in [0, 0.1) is 13.8 Å². The van der Waals surface area contributed by atoms with Crippen molar-refractivity contribution < 1.29 is 36.2 Å². The van der Waals surface area contributed by atoms with Gasteiger partial charge in [-0.2, -0.15) is 27.1 Å². The summed E-state index contributed by atoms with van der Waals surface area (Å²) in [5, 5.41) is 38.9. The third-order valence-electron chi connectivity index (χ3n) is 8.01. The maximum absolute atomic E-state index is 12.1. The molecule has 0 saturated heterocycles. The fraction of sp³-hybridized carbons (Fsp3) is 0.0588. The van der Waals surface area contributed by atoms with Gasteiger partial charge in [-0.05, 0) is 102 Å². The maximum Gasteiger partial charge on any atom is 0.296 e. The molecule has 0 heterocycles. The van der Waals surface area contributed by atoms with E-state index in [0.717, 1.165) is 22.8 Å². The van der Waals surface area contributed by atoms with Gasteiger partial charge in [-0.15, -0.1) is 10.2 Å². The van der Waals surface area contributed by atoms with Crippen LogP contribution in [0.4, 0.5) is 34.1 Å². The Morgan fingerprint density at radius 2 is 1.12 bits per heavy atom. The van der Waals surface area contributed by atoms with Crippen molar-refractivity contribution in [2.75, 3.05) is 11.5 Å². The van der Waals surface area contributed by atoms with E-state index in [1.165, 1.54) is 42.5 Å². The lowest BCUT2D eigenvalue weighted by Gasteiger charge is -2.10. The average molecular weight is 713 g/mol. The summed E-state index contributed by atoms with van der Waals surface area (Å²) in [5.74, 6) is -0.898. The highest BCUT2D eigenvalue weighted by Gasteiger charge is 2.23. The Labute approximate surface area is 285 Å². The van der Waals surface area contributed by atoms with Crippen molar-refractivity contribution in [2.24, 2.45) is 20.5 Å². The number of aromatic hydroxyl groups is 2. The number of aryl methyl sites for hydroxylation is 2. The van der Waals surface area contributed by atoms with E-state index >= 15 is 0 Å². The van der Waals surface area contributed by atoms with Crippen molar-refractivity contribution in [1.29, 1.82) is 0 Å². The highest BCUT2D eigenvalue weighted by Crippen LogP contribution is 2.43. The van der Waals surface area contributed by atoms with Crippen molar-refractivity contribution in [3.05, 3.63) is 96.1 Å². The Bertz CT molecular complexity index is 2680. The van der Waals surface area contributed by atoms with Gasteiger partial charge in [0.05, 0.1) is 16.8 Å². The van der Waals surface area contributed by atoms with Crippen LogP contribution in [0.15, 0.2) is 115 Å². The van der Waals surface area contributed by atoms with E-state index in [1.54, 1.807) is 25.1 Å². The van der Waals surface area contributed by atoms with Gasteiger partial charge in [0.1, 0.15) is 21.2 Å². The molecule has 0 aliphatic carbocycles. The Balaban J connectivity index is 1.28. The average Bonchev–Trinajstić information content (AvgIpc) is 3.04. The summed E-state index contributed by atoms with van der Waals surface area (Å²) >= 11 is 0. The Hall–Kier alpha value is -5.94. The number of fused-ring (bicyclic) bond motifs is 2. The highest BCUT2D eigenvalue weighted by atomic mass is 32.2. The second-order valence-corrected chi connectivity index (χ2v) is 14.2. The van der Waals surface area contributed by atoms with Crippen LogP contribution in [0.5, 0.6) is 11.5 Å². The molecule has 14 nitrogen and oxygen atoms in total. The second-order valence-electron chi connectivity index (χ2n) is 11.4. The van der Waals surface area contributed by atoms with Crippen LogP contribution in [0.3, 0.4) is 0 Å². The van der Waals surface area contributed by atoms with Gasteiger partial charge in [0.15, 0.2) is 11.5 Å².